The Morgan fingerprint density at radius 3 is 2.11 bits per heavy atom. The maximum Gasteiger partial charge on any atom is 0.0630 e. The molecule has 0 aliphatic rings. The number of nitrogens with zero attached hydrogens (tertiary/aromatic N) is 2. The fraction of sp³-hybridized carbons (Fsp3) is 0.133. The van der Waals surface area contributed by atoms with E-state index in [0.29, 0.717) is 0 Å². The molecule has 3 heteroatoms. The zero-order valence-corrected chi connectivity index (χ0v) is 11.2. The highest BCUT2D eigenvalue weighted by atomic mass is 35.5. The van der Waals surface area contributed by atoms with Crippen molar-refractivity contribution in [1.29, 1.82) is 0 Å². The number of anilines is 1. The second kappa shape index (κ2) is 5.69. The summed E-state index contributed by atoms with van der Waals surface area (Å²) in [6.07, 6.45) is 1.85. The minimum absolute atomic E-state index is 0.726. The summed E-state index contributed by atoms with van der Waals surface area (Å²) in [6, 6.07) is 15.7. The molecule has 0 atom stereocenters. The smallest absolute Gasteiger partial charge is 0.0630 e. The zero-order chi connectivity index (χ0) is 13.0. The van der Waals surface area contributed by atoms with Crippen molar-refractivity contribution in [3.8, 4) is 0 Å². The minimum atomic E-state index is 0.726. The summed E-state index contributed by atoms with van der Waals surface area (Å²) < 4.78 is 0. The van der Waals surface area contributed by atoms with E-state index in [4.69, 9.17) is 11.6 Å². The van der Waals surface area contributed by atoms with E-state index in [1.807, 2.05) is 44.6 Å². The summed E-state index contributed by atoms with van der Waals surface area (Å²) in [4.78, 5) is 6.46. The molecule has 0 amide bonds. The van der Waals surface area contributed by atoms with Gasteiger partial charge in [-0.3, -0.25) is 4.99 Å². The van der Waals surface area contributed by atoms with Gasteiger partial charge in [0.15, 0.2) is 0 Å². The van der Waals surface area contributed by atoms with E-state index in [0.717, 1.165) is 16.3 Å². The molecule has 92 valence electrons. The molecule has 2 aromatic carbocycles. The molecule has 0 fully saturated rings. The van der Waals surface area contributed by atoms with E-state index in [-0.39, 0.29) is 0 Å². The van der Waals surface area contributed by atoms with Crippen molar-refractivity contribution in [3.05, 3.63) is 59.1 Å². The molecule has 2 aromatic rings. The number of rotatable bonds is 3. The third-order valence-corrected chi connectivity index (χ3v) is 2.85. The third kappa shape index (κ3) is 3.34. The van der Waals surface area contributed by atoms with E-state index >= 15 is 0 Å². The molecule has 0 bridgehead atoms. The summed E-state index contributed by atoms with van der Waals surface area (Å²) in [7, 11) is 4.05. The Hall–Kier alpha value is -1.80. The summed E-state index contributed by atoms with van der Waals surface area (Å²) >= 11 is 5.82. The van der Waals surface area contributed by atoms with Crippen LogP contribution in [0.1, 0.15) is 5.56 Å². The average molecular weight is 259 g/mol. The Kier molecular flexibility index (Phi) is 4.00. The van der Waals surface area contributed by atoms with E-state index in [2.05, 4.69) is 34.2 Å². The van der Waals surface area contributed by atoms with Crippen LogP contribution in [0.5, 0.6) is 0 Å². The maximum atomic E-state index is 5.82. The van der Waals surface area contributed by atoms with Gasteiger partial charge in [-0.25, -0.2) is 0 Å². The quantitative estimate of drug-likeness (QED) is 0.755. The fourth-order valence-electron chi connectivity index (χ4n) is 1.53. The molecule has 0 aliphatic heterocycles. The first-order valence-corrected chi connectivity index (χ1v) is 6.10. The van der Waals surface area contributed by atoms with Gasteiger partial charge in [0.05, 0.1) is 5.69 Å². The van der Waals surface area contributed by atoms with Crippen molar-refractivity contribution in [2.24, 2.45) is 4.99 Å². The average Bonchev–Trinajstić information content (AvgIpc) is 2.38. The maximum absolute atomic E-state index is 5.82. The molecule has 0 N–H and O–H groups in total. The van der Waals surface area contributed by atoms with Crippen LogP contribution >= 0.6 is 11.6 Å². The molecule has 0 radical (unpaired) electrons. The number of aliphatic imine (C=N–C) groups is 1. The van der Waals surface area contributed by atoms with Crippen LogP contribution in [0.3, 0.4) is 0 Å². The van der Waals surface area contributed by atoms with Gasteiger partial charge in [0, 0.05) is 31.0 Å². The van der Waals surface area contributed by atoms with Gasteiger partial charge in [0.2, 0.25) is 0 Å². The second-order valence-electron chi connectivity index (χ2n) is 4.22. The topological polar surface area (TPSA) is 15.6 Å². The van der Waals surface area contributed by atoms with Crippen molar-refractivity contribution in [2.75, 3.05) is 19.0 Å². The fourth-order valence-corrected chi connectivity index (χ4v) is 1.66. The van der Waals surface area contributed by atoms with Crippen molar-refractivity contribution in [1.82, 2.24) is 0 Å². The van der Waals surface area contributed by atoms with Gasteiger partial charge in [0.25, 0.3) is 0 Å². The predicted molar refractivity (Wildman–Crippen MR) is 79.5 cm³/mol. The first-order chi connectivity index (χ1) is 8.65. The number of halogens is 1. The van der Waals surface area contributed by atoms with E-state index < -0.39 is 0 Å². The summed E-state index contributed by atoms with van der Waals surface area (Å²) in [6.45, 7) is 0. The van der Waals surface area contributed by atoms with Crippen molar-refractivity contribution < 1.29 is 0 Å². The Morgan fingerprint density at radius 1 is 0.944 bits per heavy atom. The van der Waals surface area contributed by atoms with Crippen LogP contribution in [0.15, 0.2) is 53.5 Å². The Balaban J connectivity index is 2.11. The highest BCUT2D eigenvalue weighted by molar-refractivity contribution is 6.30. The largest absolute Gasteiger partial charge is 0.378 e. The van der Waals surface area contributed by atoms with Crippen LogP contribution in [0, 0.1) is 0 Å². The SMILES string of the molecule is CN(C)c1ccc(C=Nc2ccc(Cl)cc2)cc1. The van der Waals surface area contributed by atoms with Crippen LogP contribution in [-0.2, 0) is 0 Å². The Bertz CT molecular complexity index is 527. The summed E-state index contributed by atoms with van der Waals surface area (Å²) in [5, 5.41) is 0.726. The predicted octanol–water partition coefficient (Wildman–Crippen LogP) is 4.16. The molecule has 0 saturated carbocycles. The number of hydrogen-bond donors (Lipinski definition) is 0. The van der Waals surface area contributed by atoms with Gasteiger partial charge < -0.3 is 4.90 Å². The second-order valence-corrected chi connectivity index (χ2v) is 4.66. The number of benzene rings is 2. The highest BCUT2D eigenvalue weighted by Gasteiger charge is 1.94. The lowest BCUT2D eigenvalue weighted by atomic mass is 10.2. The summed E-state index contributed by atoms with van der Waals surface area (Å²) in [5.74, 6) is 0. The van der Waals surface area contributed by atoms with Crippen LogP contribution in [0.4, 0.5) is 11.4 Å². The molecule has 0 aromatic heterocycles. The molecule has 2 nitrogen and oxygen atoms in total. The van der Waals surface area contributed by atoms with Crippen molar-refractivity contribution in [3.63, 3.8) is 0 Å². The monoisotopic (exact) mass is 258 g/mol. The van der Waals surface area contributed by atoms with Gasteiger partial charge in [-0.1, -0.05) is 23.7 Å². The molecular formula is C15H15ClN2. The lowest BCUT2D eigenvalue weighted by Crippen LogP contribution is -2.08. The first kappa shape index (κ1) is 12.7. The molecular weight excluding hydrogens is 244 g/mol. The van der Waals surface area contributed by atoms with Gasteiger partial charge >= 0.3 is 0 Å². The van der Waals surface area contributed by atoms with E-state index in [1.165, 1.54) is 5.69 Å². The summed E-state index contributed by atoms with van der Waals surface area (Å²) in [5.41, 5.74) is 3.16. The van der Waals surface area contributed by atoms with Gasteiger partial charge in [-0.05, 0) is 42.0 Å². The van der Waals surface area contributed by atoms with Crippen molar-refractivity contribution >= 4 is 29.2 Å². The third-order valence-electron chi connectivity index (χ3n) is 2.60. The van der Waals surface area contributed by atoms with E-state index in [9.17, 15) is 0 Å². The minimum Gasteiger partial charge on any atom is -0.378 e. The highest BCUT2D eigenvalue weighted by Crippen LogP contribution is 2.16. The van der Waals surface area contributed by atoms with Gasteiger partial charge in [0.1, 0.15) is 0 Å². The molecule has 0 spiro atoms. The van der Waals surface area contributed by atoms with Crippen LogP contribution in [-0.4, -0.2) is 20.3 Å². The molecule has 18 heavy (non-hydrogen) atoms. The lowest BCUT2D eigenvalue weighted by Gasteiger charge is -2.11. The lowest BCUT2D eigenvalue weighted by molar-refractivity contribution is 1.13. The van der Waals surface area contributed by atoms with Gasteiger partial charge in [-0.15, -0.1) is 0 Å². The Morgan fingerprint density at radius 2 is 1.56 bits per heavy atom. The van der Waals surface area contributed by atoms with Gasteiger partial charge in [-0.2, -0.15) is 0 Å². The van der Waals surface area contributed by atoms with Crippen LogP contribution < -0.4 is 4.90 Å². The molecule has 0 saturated heterocycles. The van der Waals surface area contributed by atoms with E-state index in [1.54, 1.807) is 0 Å². The van der Waals surface area contributed by atoms with Crippen LogP contribution in [0.2, 0.25) is 5.02 Å². The normalized spacial score (nSPS) is 10.8. The Labute approximate surface area is 113 Å². The standard InChI is InChI=1S/C15H15ClN2/c1-18(2)15-9-3-12(4-10-15)11-17-14-7-5-13(16)6-8-14/h3-11H,1-2H3. The molecule has 0 aliphatic carbocycles. The first-order valence-electron chi connectivity index (χ1n) is 5.72. The molecule has 0 heterocycles. The zero-order valence-electron chi connectivity index (χ0n) is 10.5. The van der Waals surface area contributed by atoms with Crippen LogP contribution in [0.25, 0.3) is 0 Å². The molecule has 0 unspecified atom stereocenters. The number of hydrogen-bond acceptors (Lipinski definition) is 2. The molecule has 2 rings (SSSR count). The van der Waals surface area contributed by atoms with Crippen molar-refractivity contribution in [2.45, 2.75) is 0 Å².